The maximum absolute atomic E-state index is 12.2. The van der Waals surface area contributed by atoms with Crippen LogP contribution in [-0.4, -0.2) is 26.1 Å². The number of rotatable bonds is 6. The largest absolute Gasteiger partial charge is 0.352 e. The summed E-state index contributed by atoms with van der Waals surface area (Å²) in [6, 6.07) is 7.30. The smallest absolute Gasteiger partial charge is 0.235 e. The molecule has 5 nitrogen and oxygen atoms in total. The lowest BCUT2D eigenvalue weighted by molar-refractivity contribution is -0.119. The number of nitrogens with two attached hydrogens (primary N) is 1. The number of hydrogen-bond donors (Lipinski definition) is 2. The molecule has 1 aromatic rings. The van der Waals surface area contributed by atoms with Gasteiger partial charge in [0.2, 0.25) is 5.91 Å². The molecule has 3 N–H and O–H groups in total. The van der Waals surface area contributed by atoms with E-state index in [-0.39, 0.29) is 17.7 Å². The van der Waals surface area contributed by atoms with Crippen LogP contribution in [0.15, 0.2) is 24.3 Å². The predicted molar refractivity (Wildman–Crippen MR) is 86.8 cm³/mol. The van der Waals surface area contributed by atoms with Gasteiger partial charge in [-0.05, 0) is 24.0 Å². The van der Waals surface area contributed by atoms with Gasteiger partial charge in [0, 0.05) is 12.6 Å². The van der Waals surface area contributed by atoms with Gasteiger partial charge in [0.05, 0.1) is 5.75 Å². The van der Waals surface area contributed by atoms with Crippen LogP contribution in [0.2, 0.25) is 0 Å². The lowest BCUT2D eigenvalue weighted by Crippen LogP contribution is -2.39. The Labute approximate surface area is 132 Å². The van der Waals surface area contributed by atoms with Gasteiger partial charge in [0.1, 0.15) is 5.75 Å². The molecule has 0 spiro atoms. The van der Waals surface area contributed by atoms with Gasteiger partial charge >= 0.3 is 0 Å². The van der Waals surface area contributed by atoms with Crippen molar-refractivity contribution in [1.29, 1.82) is 0 Å². The summed E-state index contributed by atoms with van der Waals surface area (Å²) in [7, 11) is -3.46. The van der Waals surface area contributed by atoms with Gasteiger partial charge in [-0.15, -0.1) is 0 Å². The third-order valence-corrected chi connectivity index (χ3v) is 5.41. The van der Waals surface area contributed by atoms with Gasteiger partial charge in [-0.2, -0.15) is 0 Å². The normalized spacial score (nSPS) is 16.4. The maximum atomic E-state index is 12.2. The van der Waals surface area contributed by atoms with Crippen LogP contribution >= 0.6 is 0 Å². The highest BCUT2D eigenvalue weighted by atomic mass is 32.2. The molecule has 0 atom stereocenters. The highest BCUT2D eigenvalue weighted by Gasteiger charge is 2.21. The lowest BCUT2D eigenvalue weighted by Gasteiger charge is -2.22. The first kappa shape index (κ1) is 17.0. The first-order chi connectivity index (χ1) is 10.5. The summed E-state index contributed by atoms with van der Waals surface area (Å²) in [5.74, 6) is -0.961. The molecule has 0 bridgehead atoms. The molecule has 1 aliphatic carbocycles. The van der Waals surface area contributed by atoms with Crippen molar-refractivity contribution >= 4 is 15.7 Å². The molecule has 1 amide bonds. The number of carbonyl (C=O) groups is 1. The van der Waals surface area contributed by atoms with E-state index < -0.39 is 15.6 Å². The monoisotopic (exact) mass is 324 g/mol. The van der Waals surface area contributed by atoms with Crippen LogP contribution in [0.4, 0.5) is 0 Å². The fourth-order valence-electron chi connectivity index (χ4n) is 2.87. The van der Waals surface area contributed by atoms with E-state index in [1.165, 1.54) is 6.42 Å². The fraction of sp³-hybridized carbons (Fsp3) is 0.562. The Morgan fingerprint density at radius 1 is 1.18 bits per heavy atom. The average Bonchev–Trinajstić information content (AvgIpc) is 2.47. The quantitative estimate of drug-likeness (QED) is 0.830. The SMILES string of the molecule is NCc1cccc(CS(=O)(=O)CC(=O)NC2CCCCC2)c1. The summed E-state index contributed by atoms with van der Waals surface area (Å²) in [4.78, 5) is 11.9. The van der Waals surface area contributed by atoms with Crippen LogP contribution < -0.4 is 11.1 Å². The summed E-state index contributed by atoms with van der Waals surface area (Å²) < 4.78 is 24.3. The van der Waals surface area contributed by atoms with Gasteiger partial charge in [-0.1, -0.05) is 43.5 Å². The Kier molecular flexibility index (Phi) is 5.97. The topological polar surface area (TPSA) is 89.3 Å². The van der Waals surface area contributed by atoms with Gasteiger partial charge in [-0.25, -0.2) is 8.42 Å². The second-order valence-corrected chi connectivity index (χ2v) is 8.02. The molecule has 122 valence electrons. The van der Waals surface area contributed by atoms with Crippen molar-refractivity contribution in [2.75, 3.05) is 5.75 Å². The van der Waals surface area contributed by atoms with Crippen molar-refractivity contribution in [1.82, 2.24) is 5.32 Å². The zero-order valence-corrected chi connectivity index (χ0v) is 13.6. The first-order valence-electron chi connectivity index (χ1n) is 7.76. The zero-order chi connectivity index (χ0) is 16.0. The molecule has 0 aromatic heterocycles. The number of sulfone groups is 1. The van der Waals surface area contributed by atoms with Gasteiger partial charge < -0.3 is 11.1 Å². The minimum absolute atomic E-state index is 0.126. The number of hydrogen-bond acceptors (Lipinski definition) is 4. The van der Waals surface area contributed by atoms with E-state index in [1.54, 1.807) is 18.2 Å². The zero-order valence-electron chi connectivity index (χ0n) is 12.8. The van der Waals surface area contributed by atoms with Crippen LogP contribution in [-0.2, 0) is 26.9 Å². The highest BCUT2D eigenvalue weighted by molar-refractivity contribution is 7.91. The minimum Gasteiger partial charge on any atom is -0.352 e. The lowest BCUT2D eigenvalue weighted by atomic mass is 9.95. The summed E-state index contributed by atoms with van der Waals surface area (Å²) in [5, 5.41) is 2.85. The second-order valence-electron chi connectivity index (χ2n) is 5.96. The van der Waals surface area contributed by atoms with Crippen LogP contribution in [0.1, 0.15) is 43.2 Å². The molecule has 0 saturated heterocycles. The Bertz CT molecular complexity index is 608. The van der Waals surface area contributed by atoms with E-state index in [0.717, 1.165) is 31.2 Å². The standard InChI is InChI=1S/C16H24N2O3S/c17-10-13-5-4-6-14(9-13)11-22(20,21)12-16(19)18-15-7-2-1-3-8-15/h4-6,9,15H,1-3,7-8,10-12,17H2,(H,18,19). The summed E-state index contributed by atoms with van der Waals surface area (Å²) in [6.07, 6.45) is 5.30. The highest BCUT2D eigenvalue weighted by Crippen LogP contribution is 2.17. The van der Waals surface area contributed by atoms with Crippen molar-refractivity contribution < 1.29 is 13.2 Å². The molecule has 1 fully saturated rings. The summed E-state index contributed by atoms with van der Waals surface area (Å²) in [6.45, 7) is 0.371. The Morgan fingerprint density at radius 3 is 2.55 bits per heavy atom. The van der Waals surface area contributed by atoms with Crippen molar-refractivity contribution in [3.63, 3.8) is 0 Å². The minimum atomic E-state index is -3.46. The maximum Gasteiger partial charge on any atom is 0.235 e. The summed E-state index contributed by atoms with van der Waals surface area (Å²) in [5.41, 5.74) is 7.12. The molecular formula is C16H24N2O3S. The van der Waals surface area contributed by atoms with Crippen molar-refractivity contribution in [2.45, 2.75) is 50.4 Å². The van der Waals surface area contributed by atoms with E-state index in [9.17, 15) is 13.2 Å². The van der Waals surface area contributed by atoms with Crippen LogP contribution in [0.25, 0.3) is 0 Å². The van der Waals surface area contributed by atoms with E-state index >= 15 is 0 Å². The Balaban J connectivity index is 1.90. The van der Waals surface area contributed by atoms with E-state index in [0.29, 0.717) is 12.1 Å². The first-order valence-corrected chi connectivity index (χ1v) is 9.58. The van der Waals surface area contributed by atoms with Crippen LogP contribution in [0.3, 0.4) is 0 Å². The van der Waals surface area contributed by atoms with Crippen LogP contribution in [0.5, 0.6) is 0 Å². The van der Waals surface area contributed by atoms with E-state index in [1.807, 2.05) is 6.07 Å². The van der Waals surface area contributed by atoms with E-state index in [2.05, 4.69) is 5.32 Å². The molecule has 2 rings (SSSR count). The number of amides is 1. The second kappa shape index (κ2) is 7.74. The Morgan fingerprint density at radius 2 is 1.86 bits per heavy atom. The fourth-order valence-corrected chi connectivity index (χ4v) is 4.14. The molecule has 1 aromatic carbocycles. The van der Waals surface area contributed by atoms with Gasteiger partial charge in [-0.3, -0.25) is 4.79 Å². The van der Waals surface area contributed by atoms with E-state index in [4.69, 9.17) is 5.73 Å². The molecule has 1 aliphatic rings. The average molecular weight is 324 g/mol. The molecular weight excluding hydrogens is 300 g/mol. The van der Waals surface area contributed by atoms with Crippen molar-refractivity contribution in [2.24, 2.45) is 5.73 Å². The van der Waals surface area contributed by atoms with Crippen molar-refractivity contribution in [3.05, 3.63) is 35.4 Å². The molecule has 0 unspecified atom stereocenters. The summed E-state index contributed by atoms with van der Waals surface area (Å²) >= 11 is 0. The third-order valence-electron chi connectivity index (χ3n) is 3.93. The molecule has 6 heteroatoms. The molecule has 22 heavy (non-hydrogen) atoms. The van der Waals surface area contributed by atoms with Crippen LogP contribution in [0, 0.1) is 0 Å². The van der Waals surface area contributed by atoms with Gasteiger partial charge in [0.25, 0.3) is 0 Å². The molecule has 1 saturated carbocycles. The third kappa shape index (κ3) is 5.42. The number of carbonyl (C=O) groups excluding carboxylic acids is 1. The molecule has 0 aliphatic heterocycles. The predicted octanol–water partition coefficient (Wildman–Crippen LogP) is 1.51. The van der Waals surface area contributed by atoms with Gasteiger partial charge in [0.15, 0.2) is 9.84 Å². The number of nitrogens with one attached hydrogen (secondary N) is 1. The number of benzene rings is 1. The van der Waals surface area contributed by atoms with Crippen molar-refractivity contribution in [3.8, 4) is 0 Å². The molecule has 0 heterocycles. The molecule has 0 radical (unpaired) electrons. The Hall–Kier alpha value is -1.40.